The summed E-state index contributed by atoms with van der Waals surface area (Å²) in [6.45, 7) is 10.2. The van der Waals surface area contributed by atoms with Crippen molar-refractivity contribution in [1.29, 1.82) is 0 Å². The first-order valence-corrected chi connectivity index (χ1v) is 7.68. The van der Waals surface area contributed by atoms with Gasteiger partial charge in [-0.15, -0.1) is 0 Å². The van der Waals surface area contributed by atoms with Crippen LogP contribution in [0.25, 0.3) is 0 Å². The van der Waals surface area contributed by atoms with Crippen molar-refractivity contribution in [2.24, 2.45) is 0 Å². The van der Waals surface area contributed by atoms with Crippen molar-refractivity contribution < 1.29 is 8.78 Å². The summed E-state index contributed by atoms with van der Waals surface area (Å²) in [7, 11) is 0. The van der Waals surface area contributed by atoms with Gasteiger partial charge in [0.1, 0.15) is 0 Å². The highest BCUT2D eigenvalue weighted by molar-refractivity contribution is 5.47. The van der Waals surface area contributed by atoms with E-state index >= 15 is 0 Å². The number of pyridine rings is 1. The molecule has 0 aromatic carbocycles. The second-order valence-corrected chi connectivity index (χ2v) is 4.94. The van der Waals surface area contributed by atoms with E-state index in [1.807, 2.05) is 6.92 Å². The Morgan fingerprint density at radius 3 is 2.10 bits per heavy atom. The van der Waals surface area contributed by atoms with Crippen molar-refractivity contribution >= 4 is 11.6 Å². The van der Waals surface area contributed by atoms with Gasteiger partial charge in [0, 0.05) is 25.7 Å². The molecule has 0 amide bonds. The van der Waals surface area contributed by atoms with Gasteiger partial charge in [-0.05, 0) is 25.9 Å². The lowest BCUT2D eigenvalue weighted by Crippen LogP contribution is -2.30. The zero-order chi connectivity index (χ0) is 15.7. The Hall–Kier alpha value is -1.43. The van der Waals surface area contributed by atoms with Crippen molar-refractivity contribution in [2.75, 3.05) is 43.4 Å². The van der Waals surface area contributed by atoms with Gasteiger partial charge in [0.25, 0.3) is 0 Å². The van der Waals surface area contributed by atoms with Crippen molar-refractivity contribution in [3.8, 4) is 0 Å². The largest absolute Gasteiger partial charge is 0.368 e. The van der Waals surface area contributed by atoms with Gasteiger partial charge in [-0.25, -0.2) is 13.8 Å². The minimum Gasteiger partial charge on any atom is -0.368 e. The zero-order valence-corrected chi connectivity index (χ0v) is 13.2. The first kappa shape index (κ1) is 17.6. The predicted octanol–water partition coefficient (Wildman–Crippen LogP) is 3.33. The summed E-state index contributed by atoms with van der Waals surface area (Å²) in [4.78, 5) is 6.26. The number of anilines is 2. The zero-order valence-electron chi connectivity index (χ0n) is 13.2. The second kappa shape index (κ2) is 9.50. The number of aromatic nitrogens is 1. The fraction of sp³-hybridized carbons (Fsp3) is 0.667. The molecule has 1 heterocycles. The van der Waals surface area contributed by atoms with Crippen molar-refractivity contribution in [2.45, 2.75) is 33.6 Å². The SMILES string of the molecule is CCCNc1nc(NCCN(CC)CCC)c(F)cc1F. The highest BCUT2D eigenvalue weighted by atomic mass is 19.1. The molecule has 0 unspecified atom stereocenters. The van der Waals surface area contributed by atoms with Gasteiger partial charge >= 0.3 is 0 Å². The number of rotatable bonds is 10. The molecular formula is C15H26F2N4. The van der Waals surface area contributed by atoms with Crippen LogP contribution in [0.15, 0.2) is 6.07 Å². The highest BCUT2D eigenvalue weighted by Crippen LogP contribution is 2.18. The van der Waals surface area contributed by atoms with Gasteiger partial charge in [-0.1, -0.05) is 20.8 Å². The van der Waals surface area contributed by atoms with Gasteiger partial charge in [0.2, 0.25) is 0 Å². The molecule has 120 valence electrons. The van der Waals surface area contributed by atoms with E-state index in [-0.39, 0.29) is 11.6 Å². The van der Waals surface area contributed by atoms with Crippen LogP contribution in [0.5, 0.6) is 0 Å². The molecule has 2 N–H and O–H groups in total. The second-order valence-electron chi connectivity index (χ2n) is 4.94. The van der Waals surface area contributed by atoms with Crippen LogP contribution in [-0.4, -0.2) is 42.6 Å². The van der Waals surface area contributed by atoms with Crippen LogP contribution in [0.3, 0.4) is 0 Å². The third kappa shape index (κ3) is 5.83. The molecule has 1 aromatic heterocycles. The average molecular weight is 300 g/mol. The third-order valence-corrected chi connectivity index (χ3v) is 3.18. The van der Waals surface area contributed by atoms with Crippen LogP contribution in [0.4, 0.5) is 20.4 Å². The fourth-order valence-electron chi connectivity index (χ4n) is 2.03. The van der Waals surface area contributed by atoms with E-state index in [1.54, 1.807) is 0 Å². The van der Waals surface area contributed by atoms with E-state index in [4.69, 9.17) is 0 Å². The maximum atomic E-state index is 13.7. The molecule has 0 spiro atoms. The molecule has 1 aromatic rings. The average Bonchev–Trinajstić information content (AvgIpc) is 2.47. The Bertz CT molecular complexity index is 426. The van der Waals surface area contributed by atoms with Gasteiger partial charge in [-0.2, -0.15) is 0 Å². The standard InChI is InChI=1S/C15H26F2N4/c1-4-7-18-14-12(16)11-13(17)15(20-14)19-8-10-21(6-3)9-5-2/h11H,4-10H2,1-3H3,(H2,18,19,20). The van der Waals surface area contributed by atoms with Crippen LogP contribution >= 0.6 is 0 Å². The smallest absolute Gasteiger partial charge is 0.168 e. The number of nitrogens with one attached hydrogen (secondary N) is 2. The van der Waals surface area contributed by atoms with Crippen LogP contribution in [0.2, 0.25) is 0 Å². The molecule has 0 aliphatic carbocycles. The predicted molar refractivity (Wildman–Crippen MR) is 83.8 cm³/mol. The Morgan fingerprint density at radius 1 is 0.952 bits per heavy atom. The molecule has 0 fully saturated rings. The minimum atomic E-state index is -0.660. The molecule has 21 heavy (non-hydrogen) atoms. The number of nitrogens with zero attached hydrogens (tertiary/aromatic N) is 2. The first-order chi connectivity index (χ1) is 10.1. The Balaban J connectivity index is 2.61. The third-order valence-electron chi connectivity index (χ3n) is 3.18. The molecule has 0 bridgehead atoms. The van der Waals surface area contributed by atoms with Crippen molar-refractivity contribution in [3.05, 3.63) is 17.7 Å². The number of hydrogen-bond donors (Lipinski definition) is 2. The number of hydrogen-bond acceptors (Lipinski definition) is 4. The van der Waals surface area contributed by atoms with E-state index in [1.165, 1.54) is 0 Å². The lowest BCUT2D eigenvalue weighted by molar-refractivity contribution is 0.300. The van der Waals surface area contributed by atoms with E-state index in [0.717, 1.165) is 38.5 Å². The normalized spacial score (nSPS) is 11.0. The summed E-state index contributed by atoms with van der Waals surface area (Å²) in [6, 6.07) is 0.872. The maximum Gasteiger partial charge on any atom is 0.168 e. The Morgan fingerprint density at radius 2 is 1.57 bits per heavy atom. The molecule has 1 rings (SSSR count). The van der Waals surface area contributed by atoms with Crippen molar-refractivity contribution in [3.63, 3.8) is 0 Å². The molecule has 0 atom stereocenters. The van der Waals surface area contributed by atoms with Gasteiger partial charge in [0.05, 0.1) is 0 Å². The van der Waals surface area contributed by atoms with Gasteiger partial charge in [0.15, 0.2) is 23.3 Å². The molecule has 6 heteroatoms. The van der Waals surface area contributed by atoms with E-state index in [9.17, 15) is 8.78 Å². The molecule has 0 saturated carbocycles. The Kier molecular flexibility index (Phi) is 7.97. The molecule has 0 radical (unpaired) electrons. The highest BCUT2D eigenvalue weighted by Gasteiger charge is 2.11. The van der Waals surface area contributed by atoms with Crippen LogP contribution in [0.1, 0.15) is 33.6 Å². The molecule has 0 aliphatic heterocycles. The van der Waals surface area contributed by atoms with Crippen LogP contribution in [0, 0.1) is 11.6 Å². The molecule has 0 saturated heterocycles. The Labute approximate surface area is 125 Å². The molecular weight excluding hydrogens is 274 g/mol. The molecule has 4 nitrogen and oxygen atoms in total. The minimum absolute atomic E-state index is 0.0988. The summed E-state index contributed by atoms with van der Waals surface area (Å²) >= 11 is 0. The topological polar surface area (TPSA) is 40.2 Å². The van der Waals surface area contributed by atoms with E-state index in [0.29, 0.717) is 13.1 Å². The number of likely N-dealkylation sites (N-methyl/N-ethyl adjacent to an activating group) is 1. The number of halogens is 2. The van der Waals surface area contributed by atoms with Gasteiger partial charge in [-0.3, -0.25) is 0 Å². The monoisotopic (exact) mass is 300 g/mol. The maximum absolute atomic E-state index is 13.7. The summed E-state index contributed by atoms with van der Waals surface area (Å²) in [5.41, 5.74) is 0. The van der Waals surface area contributed by atoms with Crippen LogP contribution < -0.4 is 10.6 Å². The van der Waals surface area contributed by atoms with Gasteiger partial charge < -0.3 is 15.5 Å². The van der Waals surface area contributed by atoms with E-state index < -0.39 is 11.6 Å². The summed E-state index contributed by atoms with van der Waals surface area (Å²) in [5.74, 6) is -1.12. The quantitative estimate of drug-likeness (QED) is 0.695. The lowest BCUT2D eigenvalue weighted by Gasteiger charge is -2.20. The van der Waals surface area contributed by atoms with Crippen molar-refractivity contribution in [1.82, 2.24) is 9.88 Å². The molecule has 0 aliphatic rings. The summed E-state index contributed by atoms with van der Waals surface area (Å²) < 4.78 is 27.3. The van der Waals surface area contributed by atoms with Crippen LogP contribution in [-0.2, 0) is 0 Å². The fourth-order valence-corrected chi connectivity index (χ4v) is 2.03. The first-order valence-electron chi connectivity index (χ1n) is 7.68. The summed E-state index contributed by atoms with van der Waals surface area (Å²) in [5, 5.41) is 5.80. The van der Waals surface area contributed by atoms with E-state index in [2.05, 4.69) is 34.4 Å². The lowest BCUT2D eigenvalue weighted by atomic mass is 10.3. The summed E-state index contributed by atoms with van der Waals surface area (Å²) in [6.07, 6.45) is 1.94.